The van der Waals surface area contributed by atoms with E-state index in [2.05, 4.69) is 36.3 Å². The topological polar surface area (TPSA) is 72.2 Å². The predicted octanol–water partition coefficient (Wildman–Crippen LogP) is 3.95. The fraction of sp³-hybridized carbons (Fsp3) is 0.182. The molecule has 0 spiro atoms. The average Bonchev–Trinajstić information content (AvgIpc) is 3.10. The SMILES string of the molecule is Cc1cc(C)n2nc(CC(=O)NC(c3ccccc3)c3ccc(Br)cc3)nc2n1. The number of carbonyl (C=O) groups excluding carboxylic acids is 1. The normalized spacial score (nSPS) is 12.1. The fourth-order valence-corrected chi connectivity index (χ4v) is 3.56. The van der Waals surface area contributed by atoms with E-state index in [9.17, 15) is 4.79 Å². The standard InChI is InChI=1S/C22H20BrN5O/c1-14-12-15(2)28-22(24-14)25-19(27-28)13-20(29)26-21(16-6-4-3-5-7-16)17-8-10-18(23)11-9-17/h3-12,21H,13H2,1-2H3,(H,26,29). The van der Waals surface area contributed by atoms with Crippen LogP contribution in [-0.2, 0) is 11.2 Å². The molecule has 0 aliphatic carbocycles. The number of rotatable bonds is 5. The maximum absolute atomic E-state index is 12.8. The highest BCUT2D eigenvalue weighted by molar-refractivity contribution is 9.10. The third kappa shape index (κ3) is 4.35. The van der Waals surface area contributed by atoms with Crippen molar-refractivity contribution in [3.8, 4) is 0 Å². The van der Waals surface area contributed by atoms with Crippen molar-refractivity contribution in [2.24, 2.45) is 0 Å². The molecule has 4 aromatic rings. The van der Waals surface area contributed by atoms with Crippen molar-refractivity contribution in [3.05, 3.63) is 93.5 Å². The van der Waals surface area contributed by atoms with Gasteiger partial charge in [0.2, 0.25) is 5.91 Å². The molecule has 29 heavy (non-hydrogen) atoms. The summed E-state index contributed by atoms with van der Waals surface area (Å²) < 4.78 is 2.66. The highest BCUT2D eigenvalue weighted by atomic mass is 79.9. The lowest BCUT2D eigenvalue weighted by atomic mass is 9.98. The van der Waals surface area contributed by atoms with Gasteiger partial charge in [0.05, 0.1) is 12.5 Å². The summed E-state index contributed by atoms with van der Waals surface area (Å²) in [6, 6.07) is 19.5. The van der Waals surface area contributed by atoms with E-state index >= 15 is 0 Å². The van der Waals surface area contributed by atoms with Gasteiger partial charge in [-0.15, -0.1) is 5.10 Å². The van der Waals surface area contributed by atoms with E-state index in [4.69, 9.17) is 0 Å². The van der Waals surface area contributed by atoms with Gasteiger partial charge in [0.15, 0.2) is 5.82 Å². The first kappa shape index (κ1) is 19.3. The Kier molecular flexibility index (Phi) is 5.40. The van der Waals surface area contributed by atoms with Crippen LogP contribution in [0.25, 0.3) is 5.78 Å². The first-order chi connectivity index (χ1) is 14.0. The third-order valence-electron chi connectivity index (χ3n) is 4.62. The third-order valence-corrected chi connectivity index (χ3v) is 5.15. The van der Waals surface area contributed by atoms with Crippen molar-refractivity contribution < 1.29 is 4.79 Å². The van der Waals surface area contributed by atoms with E-state index in [1.54, 1.807) is 4.52 Å². The second kappa shape index (κ2) is 8.13. The number of fused-ring (bicyclic) bond motifs is 1. The maximum Gasteiger partial charge on any atom is 0.252 e. The number of aryl methyl sites for hydroxylation is 2. The minimum atomic E-state index is -0.254. The predicted molar refractivity (Wildman–Crippen MR) is 115 cm³/mol. The molecule has 0 fully saturated rings. The van der Waals surface area contributed by atoms with Crippen molar-refractivity contribution in [2.45, 2.75) is 26.3 Å². The molecular formula is C22H20BrN5O. The van der Waals surface area contributed by atoms with Gasteiger partial charge >= 0.3 is 0 Å². The molecule has 1 atom stereocenters. The van der Waals surface area contributed by atoms with Crippen molar-refractivity contribution in [3.63, 3.8) is 0 Å². The molecule has 0 saturated heterocycles. The van der Waals surface area contributed by atoms with Crippen molar-refractivity contribution in [2.75, 3.05) is 0 Å². The van der Waals surface area contributed by atoms with Crippen LogP contribution < -0.4 is 5.32 Å². The van der Waals surface area contributed by atoms with E-state index in [1.807, 2.05) is 74.5 Å². The molecule has 1 amide bonds. The first-order valence-electron chi connectivity index (χ1n) is 9.29. The Labute approximate surface area is 177 Å². The Hall–Kier alpha value is -3.06. The summed E-state index contributed by atoms with van der Waals surface area (Å²) in [5.41, 5.74) is 3.82. The molecule has 4 rings (SSSR count). The molecule has 1 unspecified atom stereocenters. The van der Waals surface area contributed by atoms with Gasteiger partial charge < -0.3 is 5.32 Å². The number of benzene rings is 2. The first-order valence-corrected chi connectivity index (χ1v) is 10.1. The van der Waals surface area contributed by atoms with Crippen molar-refractivity contribution in [1.82, 2.24) is 24.9 Å². The van der Waals surface area contributed by atoms with Gasteiger partial charge in [0.1, 0.15) is 0 Å². The number of amides is 1. The number of aromatic nitrogens is 4. The zero-order chi connectivity index (χ0) is 20.4. The van der Waals surface area contributed by atoms with Gasteiger partial charge in [-0.25, -0.2) is 9.50 Å². The monoisotopic (exact) mass is 449 g/mol. The lowest BCUT2D eigenvalue weighted by molar-refractivity contribution is -0.121. The van der Waals surface area contributed by atoms with Crippen LogP contribution in [0.1, 0.15) is 34.4 Å². The summed E-state index contributed by atoms with van der Waals surface area (Å²) in [6.07, 6.45) is 0.0850. The van der Waals surface area contributed by atoms with Gasteiger partial charge in [-0.2, -0.15) is 4.98 Å². The van der Waals surface area contributed by atoms with Crippen LogP contribution in [0.5, 0.6) is 0 Å². The average molecular weight is 450 g/mol. The summed E-state index contributed by atoms with van der Waals surface area (Å²) in [5.74, 6) is 0.816. The van der Waals surface area contributed by atoms with Crippen LogP contribution in [0, 0.1) is 13.8 Å². The minimum Gasteiger partial charge on any atom is -0.345 e. The van der Waals surface area contributed by atoms with E-state index in [0.29, 0.717) is 11.6 Å². The number of hydrogen-bond acceptors (Lipinski definition) is 4. The number of halogens is 1. The molecule has 0 saturated carbocycles. The summed E-state index contributed by atoms with van der Waals surface area (Å²) in [4.78, 5) is 21.6. The van der Waals surface area contributed by atoms with E-state index in [-0.39, 0.29) is 18.4 Å². The lowest BCUT2D eigenvalue weighted by Crippen LogP contribution is -2.30. The van der Waals surface area contributed by atoms with Crippen LogP contribution in [0.15, 0.2) is 65.1 Å². The number of nitrogens with zero attached hydrogens (tertiary/aromatic N) is 4. The molecule has 146 valence electrons. The highest BCUT2D eigenvalue weighted by Gasteiger charge is 2.19. The Morgan fingerprint density at radius 2 is 1.72 bits per heavy atom. The van der Waals surface area contributed by atoms with E-state index < -0.39 is 0 Å². The maximum atomic E-state index is 12.8. The smallest absolute Gasteiger partial charge is 0.252 e. The highest BCUT2D eigenvalue weighted by Crippen LogP contribution is 2.23. The van der Waals surface area contributed by atoms with E-state index in [0.717, 1.165) is 27.0 Å². The molecule has 0 aliphatic rings. The number of hydrogen-bond donors (Lipinski definition) is 1. The molecular weight excluding hydrogens is 430 g/mol. The van der Waals surface area contributed by atoms with Gasteiger partial charge in [-0.1, -0.05) is 58.4 Å². The summed E-state index contributed by atoms with van der Waals surface area (Å²) in [6.45, 7) is 3.86. The Morgan fingerprint density at radius 3 is 2.45 bits per heavy atom. The summed E-state index contributed by atoms with van der Waals surface area (Å²) in [7, 11) is 0. The second-order valence-corrected chi connectivity index (χ2v) is 7.83. The van der Waals surface area contributed by atoms with Crippen LogP contribution in [0.3, 0.4) is 0 Å². The minimum absolute atomic E-state index is 0.0850. The largest absolute Gasteiger partial charge is 0.345 e. The molecule has 0 aliphatic heterocycles. The quantitative estimate of drug-likeness (QED) is 0.500. The molecule has 2 aromatic heterocycles. The van der Waals surface area contributed by atoms with Gasteiger partial charge in [-0.3, -0.25) is 4.79 Å². The van der Waals surface area contributed by atoms with Crippen LogP contribution in [0.2, 0.25) is 0 Å². The van der Waals surface area contributed by atoms with Crippen molar-refractivity contribution in [1.29, 1.82) is 0 Å². The zero-order valence-corrected chi connectivity index (χ0v) is 17.7. The fourth-order valence-electron chi connectivity index (χ4n) is 3.30. The lowest BCUT2D eigenvalue weighted by Gasteiger charge is -2.19. The molecule has 0 bridgehead atoms. The molecule has 2 heterocycles. The van der Waals surface area contributed by atoms with Gasteiger partial charge in [0.25, 0.3) is 5.78 Å². The van der Waals surface area contributed by atoms with Gasteiger partial charge in [0, 0.05) is 15.9 Å². The van der Waals surface area contributed by atoms with Crippen LogP contribution in [-0.4, -0.2) is 25.5 Å². The molecule has 1 N–H and O–H groups in total. The Balaban J connectivity index is 1.58. The van der Waals surface area contributed by atoms with Gasteiger partial charge in [-0.05, 0) is 43.2 Å². The van der Waals surface area contributed by atoms with Crippen LogP contribution in [0.4, 0.5) is 0 Å². The van der Waals surface area contributed by atoms with E-state index in [1.165, 1.54) is 0 Å². The summed E-state index contributed by atoms with van der Waals surface area (Å²) >= 11 is 3.46. The molecule has 7 heteroatoms. The Morgan fingerprint density at radius 1 is 1.03 bits per heavy atom. The van der Waals surface area contributed by atoms with Crippen molar-refractivity contribution >= 4 is 27.6 Å². The molecule has 0 radical (unpaired) electrons. The second-order valence-electron chi connectivity index (χ2n) is 6.92. The zero-order valence-electron chi connectivity index (χ0n) is 16.1. The molecule has 6 nitrogen and oxygen atoms in total. The van der Waals surface area contributed by atoms with Crippen LogP contribution >= 0.6 is 15.9 Å². The number of nitrogens with one attached hydrogen (secondary N) is 1. The number of carbonyl (C=O) groups is 1. The molecule has 2 aromatic carbocycles. The summed E-state index contributed by atoms with van der Waals surface area (Å²) in [5, 5.41) is 7.56. The Bertz CT molecular complexity index is 1160.